The quantitative estimate of drug-likeness (QED) is 0.727. The number of hydrogen-bond acceptors (Lipinski definition) is 4. The van der Waals surface area contributed by atoms with Crippen molar-refractivity contribution in [3.63, 3.8) is 0 Å². The number of hydrogen-bond donors (Lipinski definition) is 3. The van der Waals surface area contributed by atoms with Gasteiger partial charge in [0.1, 0.15) is 11.4 Å². The van der Waals surface area contributed by atoms with Gasteiger partial charge in [0, 0.05) is 4.90 Å². The second-order valence-corrected chi connectivity index (χ2v) is 4.17. The molecule has 0 saturated heterocycles. The van der Waals surface area contributed by atoms with Crippen molar-refractivity contribution in [2.75, 3.05) is 6.26 Å². The molecular weight excluding hydrogens is 240 g/mol. The van der Waals surface area contributed by atoms with Crippen LogP contribution in [0.2, 0.25) is 0 Å². The summed E-state index contributed by atoms with van der Waals surface area (Å²) >= 11 is 1.46. The Labute approximate surface area is 101 Å². The molecule has 2 aromatic rings. The van der Waals surface area contributed by atoms with Gasteiger partial charge in [-0.15, -0.1) is 11.8 Å². The molecule has 0 aliphatic carbocycles. The molecule has 0 spiro atoms. The number of nitrogens with zero attached hydrogens (tertiary/aromatic N) is 1. The maximum Gasteiger partial charge on any atom is 0.353 e. The summed E-state index contributed by atoms with van der Waals surface area (Å²) in [4.78, 5) is 11.6. The molecule has 0 aliphatic rings. The highest BCUT2D eigenvalue weighted by molar-refractivity contribution is 7.98. The summed E-state index contributed by atoms with van der Waals surface area (Å²) in [6, 6.07) is 6.52. The van der Waals surface area contributed by atoms with Crippen molar-refractivity contribution in [3.05, 3.63) is 30.0 Å². The third-order valence-electron chi connectivity index (χ3n) is 2.29. The van der Waals surface area contributed by atoms with Crippen LogP contribution in [0.1, 0.15) is 10.5 Å². The lowest BCUT2D eigenvalue weighted by molar-refractivity contribution is 0.0690. The van der Waals surface area contributed by atoms with Gasteiger partial charge in [0.25, 0.3) is 0 Å². The number of aromatic nitrogens is 2. The Morgan fingerprint density at radius 3 is 2.82 bits per heavy atom. The Morgan fingerprint density at radius 1 is 1.47 bits per heavy atom. The number of nitrogens with one attached hydrogen (secondary N) is 1. The number of phenolic OH excluding ortho intramolecular Hbond substituents is 1. The highest BCUT2D eigenvalue weighted by Gasteiger charge is 2.15. The molecule has 1 aromatic carbocycles. The van der Waals surface area contributed by atoms with E-state index in [1.165, 1.54) is 17.8 Å². The van der Waals surface area contributed by atoms with Crippen molar-refractivity contribution >= 4 is 17.7 Å². The molecule has 3 N–H and O–H groups in total. The number of aromatic carboxylic acids is 1. The third kappa shape index (κ3) is 2.12. The van der Waals surface area contributed by atoms with Gasteiger partial charge in [-0.2, -0.15) is 5.10 Å². The molecule has 0 aliphatic heterocycles. The maximum atomic E-state index is 10.7. The van der Waals surface area contributed by atoms with Gasteiger partial charge in [0.15, 0.2) is 0 Å². The molecule has 0 amide bonds. The minimum atomic E-state index is -1.08. The van der Waals surface area contributed by atoms with E-state index in [2.05, 4.69) is 10.2 Å². The van der Waals surface area contributed by atoms with E-state index >= 15 is 0 Å². The highest BCUT2D eigenvalue weighted by Crippen LogP contribution is 2.36. The largest absolute Gasteiger partial charge is 0.507 e. The van der Waals surface area contributed by atoms with Crippen LogP contribution < -0.4 is 0 Å². The zero-order valence-corrected chi connectivity index (χ0v) is 9.78. The van der Waals surface area contributed by atoms with E-state index < -0.39 is 5.97 Å². The van der Waals surface area contributed by atoms with Crippen molar-refractivity contribution < 1.29 is 15.0 Å². The summed E-state index contributed by atoms with van der Waals surface area (Å²) in [7, 11) is 0. The van der Waals surface area contributed by atoms with E-state index in [9.17, 15) is 9.90 Å². The number of carboxylic acids is 1. The van der Waals surface area contributed by atoms with Gasteiger partial charge in [0.2, 0.25) is 0 Å². The van der Waals surface area contributed by atoms with Gasteiger partial charge in [0.05, 0.1) is 11.3 Å². The van der Waals surface area contributed by atoms with Crippen LogP contribution in [0.4, 0.5) is 0 Å². The molecule has 1 heterocycles. The van der Waals surface area contributed by atoms with Gasteiger partial charge in [-0.05, 0) is 24.5 Å². The van der Waals surface area contributed by atoms with Crippen LogP contribution in [0, 0.1) is 0 Å². The Balaban J connectivity index is 2.55. The standard InChI is InChI=1S/C11H10N2O3S/c1-17-9-4-2-3-8(14)10(9)6-5-7(11(15)16)13-12-6/h2-5,14H,1H3,(H,12,13)(H,15,16). The summed E-state index contributed by atoms with van der Waals surface area (Å²) in [5.41, 5.74) is 0.962. The van der Waals surface area contributed by atoms with Crippen molar-refractivity contribution in [1.82, 2.24) is 10.2 Å². The smallest absolute Gasteiger partial charge is 0.353 e. The lowest BCUT2D eigenvalue weighted by atomic mass is 10.1. The van der Waals surface area contributed by atoms with Crippen molar-refractivity contribution in [3.8, 4) is 17.0 Å². The molecule has 0 atom stereocenters. The number of aromatic amines is 1. The van der Waals surface area contributed by atoms with Gasteiger partial charge in [-0.1, -0.05) is 6.07 Å². The van der Waals surface area contributed by atoms with Crippen molar-refractivity contribution in [1.29, 1.82) is 0 Å². The van der Waals surface area contributed by atoms with Crippen LogP contribution in [0.15, 0.2) is 29.2 Å². The Hall–Kier alpha value is -1.95. The number of phenols is 1. The van der Waals surface area contributed by atoms with E-state index in [1.807, 2.05) is 12.3 Å². The molecule has 17 heavy (non-hydrogen) atoms. The van der Waals surface area contributed by atoms with Crippen LogP contribution in [0.3, 0.4) is 0 Å². The number of thioether (sulfide) groups is 1. The average Bonchev–Trinajstić information content (AvgIpc) is 2.77. The van der Waals surface area contributed by atoms with Gasteiger partial charge in [-0.3, -0.25) is 5.10 Å². The van der Waals surface area contributed by atoms with E-state index in [4.69, 9.17) is 5.11 Å². The predicted molar refractivity (Wildman–Crippen MR) is 64.4 cm³/mol. The maximum absolute atomic E-state index is 10.7. The van der Waals surface area contributed by atoms with E-state index in [1.54, 1.807) is 12.1 Å². The van der Waals surface area contributed by atoms with Gasteiger partial charge >= 0.3 is 5.97 Å². The first-order valence-corrected chi connectivity index (χ1v) is 6.01. The zero-order chi connectivity index (χ0) is 12.4. The SMILES string of the molecule is CSc1cccc(O)c1-c1cc(C(=O)O)[nH]n1. The summed E-state index contributed by atoms with van der Waals surface area (Å²) in [5, 5.41) is 24.9. The third-order valence-corrected chi connectivity index (χ3v) is 3.07. The average molecular weight is 250 g/mol. The number of benzene rings is 1. The van der Waals surface area contributed by atoms with E-state index in [-0.39, 0.29) is 11.4 Å². The number of aromatic hydroxyl groups is 1. The lowest BCUT2D eigenvalue weighted by Gasteiger charge is -2.06. The predicted octanol–water partition coefficient (Wildman–Crippen LogP) is 2.20. The zero-order valence-electron chi connectivity index (χ0n) is 8.97. The molecule has 6 heteroatoms. The molecular formula is C11H10N2O3S. The molecule has 2 rings (SSSR count). The molecule has 0 unspecified atom stereocenters. The number of rotatable bonds is 3. The minimum absolute atomic E-state index is 0.00435. The lowest BCUT2D eigenvalue weighted by Crippen LogP contribution is -1.95. The molecule has 1 aromatic heterocycles. The molecule has 0 fully saturated rings. The first-order valence-electron chi connectivity index (χ1n) is 4.78. The van der Waals surface area contributed by atoms with Crippen molar-refractivity contribution in [2.45, 2.75) is 4.90 Å². The van der Waals surface area contributed by atoms with E-state index in [0.717, 1.165) is 4.90 Å². The van der Waals surface area contributed by atoms with Crippen LogP contribution >= 0.6 is 11.8 Å². The summed E-state index contributed by atoms with van der Waals surface area (Å²) in [5.74, 6) is -0.995. The Bertz CT molecular complexity index is 566. The van der Waals surface area contributed by atoms with Crippen LogP contribution in [-0.4, -0.2) is 32.6 Å². The molecule has 0 radical (unpaired) electrons. The normalized spacial score (nSPS) is 10.4. The molecule has 0 bridgehead atoms. The first kappa shape index (κ1) is 11.5. The van der Waals surface area contributed by atoms with Crippen LogP contribution in [-0.2, 0) is 0 Å². The number of carboxylic acid groups (broad SMARTS) is 1. The number of carbonyl (C=O) groups is 1. The summed E-state index contributed by atoms with van der Waals surface area (Å²) in [6.45, 7) is 0. The van der Waals surface area contributed by atoms with Crippen molar-refractivity contribution in [2.24, 2.45) is 0 Å². The van der Waals surface area contributed by atoms with Crippen LogP contribution in [0.5, 0.6) is 5.75 Å². The molecule has 88 valence electrons. The van der Waals surface area contributed by atoms with Gasteiger partial charge < -0.3 is 10.2 Å². The second-order valence-electron chi connectivity index (χ2n) is 3.33. The Morgan fingerprint density at radius 2 is 2.24 bits per heavy atom. The minimum Gasteiger partial charge on any atom is -0.507 e. The fourth-order valence-electron chi connectivity index (χ4n) is 1.51. The molecule has 0 saturated carbocycles. The fraction of sp³-hybridized carbons (Fsp3) is 0.0909. The summed E-state index contributed by atoms with van der Waals surface area (Å²) < 4.78 is 0. The summed E-state index contributed by atoms with van der Waals surface area (Å²) in [6.07, 6.45) is 1.88. The molecule has 5 nitrogen and oxygen atoms in total. The first-order chi connectivity index (χ1) is 8.13. The topological polar surface area (TPSA) is 86.2 Å². The highest BCUT2D eigenvalue weighted by atomic mass is 32.2. The van der Waals surface area contributed by atoms with Gasteiger partial charge in [-0.25, -0.2) is 4.79 Å². The Kier molecular flexibility index (Phi) is 3.06. The monoisotopic (exact) mass is 250 g/mol. The fourth-order valence-corrected chi connectivity index (χ4v) is 2.13. The number of H-pyrrole nitrogens is 1. The van der Waals surface area contributed by atoms with E-state index in [0.29, 0.717) is 11.3 Å². The second kappa shape index (κ2) is 4.50. The van der Waals surface area contributed by atoms with Crippen LogP contribution in [0.25, 0.3) is 11.3 Å².